The van der Waals surface area contributed by atoms with E-state index in [4.69, 9.17) is 4.98 Å². The molecule has 0 atom stereocenters. The zero-order valence-corrected chi connectivity index (χ0v) is 10.9. The van der Waals surface area contributed by atoms with Crippen molar-refractivity contribution in [1.82, 2.24) is 15.3 Å². The van der Waals surface area contributed by atoms with Crippen molar-refractivity contribution in [2.45, 2.75) is 38.0 Å². The summed E-state index contributed by atoms with van der Waals surface area (Å²) in [7, 11) is 0. The second-order valence-electron chi connectivity index (χ2n) is 5.37. The van der Waals surface area contributed by atoms with Crippen LogP contribution in [0.4, 0.5) is 5.82 Å². The van der Waals surface area contributed by atoms with E-state index in [9.17, 15) is 0 Å². The predicted octanol–water partition coefficient (Wildman–Crippen LogP) is 1.93. The number of piperazine rings is 1. The summed E-state index contributed by atoms with van der Waals surface area (Å²) in [6.45, 7) is 4.19. The van der Waals surface area contributed by atoms with Crippen LogP contribution >= 0.6 is 0 Å². The average Bonchev–Trinajstić information content (AvgIpc) is 2.49. The predicted molar refractivity (Wildman–Crippen MR) is 72.9 cm³/mol. The van der Waals surface area contributed by atoms with Crippen molar-refractivity contribution < 1.29 is 0 Å². The molecule has 18 heavy (non-hydrogen) atoms. The van der Waals surface area contributed by atoms with Crippen LogP contribution in [0.2, 0.25) is 0 Å². The molecule has 4 nitrogen and oxygen atoms in total. The van der Waals surface area contributed by atoms with Gasteiger partial charge in [-0.3, -0.25) is 4.98 Å². The van der Waals surface area contributed by atoms with E-state index in [-0.39, 0.29) is 0 Å². The van der Waals surface area contributed by atoms with Crippen molar-refractivity contribution in [1.29, 1.82) is 0 Å². The SMILES string of the molecule is c1ncc(N2CCNCC2)nc1C1CCCCC1. The van der Waals surface area contributed by atoms with E-state index in [2.05, 4.69) is 15.2 Å². The molecule has 0 spiro atoms. The Balaban J connectivity index is 1.75. The molecule has 1 aromatic rings. The lowest BCUT2D eigenvalue weighted by Crippen LogP contribution is -2.44. The maximum atomic E-state index is 4.86. The summed E-state index contributed by atoms with van der Waals surface area (Å²) >= 11 is 0. The van der Waals surface area contributed by atoms with Gasteiger partial charge in [0.1, 0.15) is 5.82 Å². The Labute approximate surface area is 109 Å². The molecule has 3 rings (SSSR count). The van der Waals surface area contributed by atoms with Gasteiger partial charge >= 0.3 is 0 Å². The molecule has 0 bridgehead atoms. The Kier molecular flexibility index (Phi) is 3.74. The molecule has 2 fully saturated rings. The van der Waals surface area contributed by atoms with Crippen LogP contribution < -0.4 is 10.2 Å². The monoisotopic (exact) mass is 246 g/mol. The third-order valence-electron chi connectivity index (χ3n) is 4.10. The molecule has 0 amide bonds. The maximum Gasteiger partial charge on any atom is 0.147 e. The minimum Gasteiger partial charge on any atom is -0.353 e. The molecule has 1 aliphatic carbocycles. The van der Waals surface area contributed by atoms with Gasteiger partial charge in [-0.25, -0.2) is 4.98 Å². The highest BCUT2D eigenvalue weighted by molar-refractivity contribution is 5.37. The van der Waals surface area contributed by atoms with Crippen LogP contribution in [0.25, 0.3) is 0 Å². The van der Waals surface area contributed by atoms with Crippen LogP contribution in [-0.2, 0) is 0 Å². The van der Waals surface area contributed by atoms with Crippen LogP contribution in [0.1, 0.15) is 43.7 Å². The lowest BCUT2D eigenvalue weighted by atomic mass is 9.87. The Bertz CT molecular complexity index is 348. The van der Waals surface area contributed by atoms with E-state index in [1.54, 1.807) is 0 Å². The minimum absolute atomic E-state index is 0.647. The summed E-state index contributed by atoms with van der Waals surface area (Å²) in [5, 5.41) is 3.37. The molecule has 1 aliphatic heterocycles. The molecule has 2 aliphatic rings. The van der Waals surface area contributed by atoms with E-state index in [1.165, 1.54) is 37.8 Å². The minimum atomic E-state index is 0.647. The standard InChI is InChI=1S/C14H22N4/c1-2-4-12(5-3-1)13-10-16-11-14(17-13)18-8-6-15-7-9-18/h10-12,15H,1-9H2. The molecule has 0 aromatic carbocycles. The second-order valence-corrected chi connectivity index (χ2v) is 5.37. The lowest BCUT2D eigenvalue weighted by Gasteiger charge is -2.29. The third kappa shape index (κ3) is 2.64. The van der Waals surface area contributed by atoms with E-state index < -0.39 is 0 Å². The highest BCUT2D eigenvalue weighted by atomic mass is 15.2. The molecule has 0 unspecified atom stereocenters. The van der Waals surface area contributed by atoms with Crippen molar-refractivity contribution in [3.05, 3.63) is 18.1 Å². The van der Waals surface area contributed by atoms with Gasteiger partial charge in [0.25, 0.3) is 0 Å². The summed E-state index contributed by atoms with van der Waals surface area (Å²) in [5.74, 6) is 1.72. The summed E-state index contributed by atoms with van der Waals surface area (Å²) in [4.78, 5) is 11.6. The zero-order valence-electron chi connectivity index (χ0n) is 10.9. The Morgan fingerprint density at radius 1 is 1.06 bits per heavy atom. The van der Waals surface area contributed by atoms with Gasteiger partial charge in [-0.1, -0.05) is 19.3 Å². The van der Waals surface area contributed by atoms with Crippen LogP contribution in [0, 0.1) is 0 Å². The summed E-state index contributed by atoms with van der Waals surface area (Å²) in [5.41, 5.74) is 1.21. The molecular formula is C14H22N4. The summed E-state index contributed by atoms with van der Waals surface area (Å²) < 4.78 is 0. The van der Waals surface area contributed by atoms with Gasteiger partial charge < -0.3 is 10.2 Å². The highest BCUT2D eigenvalue weighted by Gasteiger charge is 2.19. The third-order valence-corrected chi connectivity index (χ3v) is 4.10. The topological polar surface area (TPSA) is 41.1 Å². The first kappa shape index (κ1) is 11.9. The van der Waals surface area contributed by atoms with Gasteiger partial charge in [0.15, 0.2) is 0 Å². The first-order valence-electron chi connectivity index (χ1n) is 7.21. The zero-order chi connectivity index (χ0) is 12.2. The Morgan fingerprint density at radius 2 is 1.83 bits per heavy atom. The highest BCUT2D eigenvalue weighted by Crippen LogP contribution is 2.31. The van der Waals surface area contributed by atoms with E-state index >= 15 is 0 Å². The molecule has 1 saturated heterocycles. The van der Waals surface area contributed by atoms with E-state index in [0.29, 0.717) is 5.92 Å². The van der Waals surface area contributed by atoms with Crippen LogP contribution in [0.5, 0.6) is 0 Å². The van der Waals surface area contributed by atoms with Crippen LogP contribution in [-0.4, -0.2) is 36.1 Å². The van der Waals surface area contributed by atoms with Gasteiger partial charge in [0.05, 0.1) is 11.9 Å². The lowest BCUT2D eigenvalue weighted by molar-refractivity contribution is 0.435. The Hall–Kier alpha value is -1.16. The van der Waals surface area contributed by atoms with Gasteiger partial charge in [-0.05, 0) is 12.8 Å². The van der Waals surface area contributed by atoms with Crippen molar-refractivity contribution >= 4 is 5.82 Å². The number of nitrogens with one attached hydrogen (secondary N) is 1. The first-order valence-corrected chi connectivity index (χ1v) is 7.21. The Morgan fingerprint density at radius 3 is 2.61 bits per heavy atom. The molecule has 1 saturated carbocycles. The van der Waals surface area contributed by atoms with E-state index in [1.807, 2.05) is 12.4 Å². The van der Waals surface area contributed by atoms with Gasteiger partial charge in [-0.2, -0.15) is 0 Å². The maximum absolute atomic E-state index is 4.86. The van der Waals surface area contributed by atoms with E-state index in [0.717, 1.165) is 32.0 Å². The van der Waals surface area contributed by atoms with Crippen molar-refractivity contribution in [3.8, 4) is 0 Å². The van der Waals surface area contributed by atoms with Crippen molar-refractivity contribution in [2.24, 2.45) is 0 Å². The first-order chi connectivity index (χ1) is 8.93. The number of anilines is 1. The number of aromatic nitrogens is 2. The fraction of sp³-hybridized carbons (Fsp3) is 0.714. The van der Waals surface area contributed by atoms with Gasteiger partial charge in [0.2, 0.25) is 0 Å². The smallest absolute Gasteiger partial charge is 0.147 e. The number of hydrogen-bond donors (Lipinski definition) is 1. The molecule has 1 N–H and O–H groups in total. The molecule has 98 valence electrons. The van der Waals surface area contributed by atoms with Crippen molar-refractivity contribution in [2.75, 3.05) is 31.1 Å². The van der Waals surface area contributed by atoms with Crippen LogP contribution in [0.3, 0.4) is 0 Å². The molecule has 0 radical (unpaired) electrons. The second kappa shape index (κ2) is 5.65. The largest absolute Gasteiger partial charge is 0.353 e. The molecule has 1 aromatic heterocycles. The summed E-state index contributed by atoms with van der Waals surface area (Å²) in [6.07, 6.45) is 10.6. The number of rotatable bonds is 2. The number of hydrogen-bond acceptors (Lipinski definition) is 4. The summed E-state index contributed by atoms with van der Waals surface area (Å²) in [6, 6.07) is 0. The van der Waals surface area contributed by atoms with Gasteiger partial charge in [0, 0.05) is 38.3 Å². The van der Waals surface area contributed by atoms with Gasteiger partial charge in [-0.15, -0.1) is 0 Å². The molecule has 2 heterocycles. The van der Waals surface area contributed by atoms with Crippen LogP contribution in [0.15, 0.2) is 12.4 Å². The quantitative estimate of drug-likeness (QED) is 0.866. The molecule has 4 heteroatoms. The normalized spacial score (nSPS) is 22.1. The average molecular weight is 246 g/mol. The fourth-order valence-electron chi connectivity index (χ4n) is 3.01. The van der Waals surface area contributed by atoms with Crippen molar-refractivity contribution in [3.63, 3.8) is 0 Å². The fourth-order valence-corrected chi connectivity index (χ4v) is 3.01. The number of nitrogens with zero attached hydrogens (tertiary/aromatic N) is 3. The molecular weight excluding hydrogens is 224 g/mol.